The van der Waals surface area contributed by atoms with Gasteiger partial charge in [0.15, 0.2) is 6.61 Å². The third kappa shape index (κ3) is 6.77. The standard InChI is InChI=1S/C25H30F2N2O3/c1-2-23(25(31)28-21-6-4-3-5-7-21)29(16-18-8-10-19(26)11-9-18)24(30)17-32-22-14-12-20(27)13-15-22/h8-15,21,23H,2-7,16-17H2,1H3,(H,28,31)/t23-/m0/s1. The number of carbonyl (C=O) groups is 2. The number of amides is 2. The highest BCUT2D eigenvalue weighted by atomic mass is 19.1. The summed E-state index contributed by atoms with van der Waals surface area (Å²) in [5.74, 6) is -0.956. The number of ether oxygens (including phenoxy) is 1. The smallest absolute Gasteiger partial charge is 0.261 e. The van der Waals surface area contributed by atoms with Gasteiger partial charge >= 0.3 is 0 Å². The second-order valence-electron chi connectivity index (χ2n) is 8.16. The molecule has 7 heteroatoms. The van der Waals surface area contributed by atoms with Gasteiger partial charge in [0.2, 0.25) is 5.91 Å². The molecule has 0 aliphatic heterocycles. The summed E-state index contributed by atoms with van der Waals surface area (Å²) in [4.78, 5) is 27.7. The van der Waals surface area contributed by atoms with E-state index >= 15 is 0 Å². The van der Waals surface area contributed by atoms with Gasteiger partial charge in [0.25, 0.3) is 5.91 Å². The van der Waals surface area contributed by atoms with Crippen molar-refractivity contribution in [3.63, 3.8) is 0 Å². The number of nitrogens with zero attached hydrogens (tertiary/aromatic N) is 1. The summed E-state index contributed by atoms with van der Waals surface area (Å²) < 4.78 is 32.0. The molecule has 0 heterocycles. The minimum atomic E-state index is -0.675. The quantitative estimate of drug-likeness (QED) is 0.615. The first-order chi connectivity index (χ1) is 15.5. The van der Waals surface area contributed by atoms with Crippen molar-refractivity contribution in [3.8, 4) is 5.75 Å². The number of carbonyl (C=O) groups excluding carboxylic acids is 2. The number of benzene rings is 2. The molecule has 1 aliphatic rings. The van der Waals surface area contributed by atoms with E-state index in [1.165, 1.54) is 47.7 Å². The Morgan fingerprint density at radius 3 is 2.19 bits per heavy atom. The Labute approximate surface area is 187 Å². The Kier molecular flexibility index (Phi) is 8.59. The van der Waals surface area contributed by atoms with E-state index in [9.17, 15) is 18.4 Å². The van der Waals surface area contributed by atoms with Crippen molar-refractivity contribution in [2.75, 3.05) is 6.61 Å². The van der Waals surface area contributed by atoms with Crippen molar-refractivity contribution in [3.05, 3.63) is 65.7 Å². The molecule has 0 radical (unpaired) electrons. The van der Waals surface area contributed by atoms with Gasteiger partial charge in [-0.15, -0.1) is 0 Å². The molecule has 172 valence electrons. The van der Waals surface area contributed by atoms with Crippen LogP contribution in [0.15, 0.2) is 48.5 Å². The number of halogens is 2. The molecule has 1 aliphatic carbocycles. The number of nitrogens with one attached hydrogen (secondary N) is 1. The fraction of sp³-hybridized carbons (Fsp3) is 0.440. The van der Waals surface area contributed by atoms with Gasteiger partial charge in [0.1, 0.15) is 23.4 Å². The van der Waals surface area contributed by atoms with Gasteiger partial charge < -0.3 is 15.0 Å². The average Bonchev–Trinajstić information content (AvgIpc) is 2.80. The zero-order chi connectivity index (χ0) is 22.9. The predicted octanol–water partition coefficient (Wildman–Crippen LogP) is 4.60. The van der Waals surface area contributed by atoms with Crippen LogP contribution >= 0.6 is 0 Å². The van der Waals surface area contributed by atoms with E-state index in [0.29, 0.717) is 17.7 Å². The zero-order valence-corrected chi connectivity index (χ0v) is 18.4. The van der Waals surface area contributed by atoms with E-state index < -0.39 is 11.9 Å². The maximum absolute atomic E-state index is 13.3. The lowest BCUT2D eigenvalue weighted by atomic mass is 9.95. The molecule has 2 aromatic carbocycles. The second kappa shape index (κ2) is 11.6. The first kappa shape index (κ1) is 23.7. The van der Waals surface area contributed by atoms with Crippen LogP contribution in [0.1, 0.15) is 51.0 Å². The summed E-state index contributed by atoms with van der Waals surface area (Å²) in [6.07, 6.45) is 5.68. The van der Waals surface area contributed by atoms with Crippen LogP contribution in [0, 0.1) is 11.6 Å². The van der Waals surface area contributed by atoms with Gasteiger partial charge in [0, 0.05) is 12.6 Å². The van der Waals surface area contributed by atoms with Crippen LogP contribution in [0.5, 0.6) is 5.75 Å². The molecule has 0 unspecified atom stereocenters. The van der Waals surface area contributed by atoms with E-state index in [1.54, 1.807) is 12.1 Å². The summed E-state index contributed by atoms with van der Waals surface area (Å²) in [5, 5.41) is 3.10. The second-order valence-corrected chi connectivity index (χ2v) is 8.16. The molecule has 0 aromatic heterocycles. The van der Waals surface area contributed by atoms with Gasteiger partial charge in [-0.25, -0.2) is 8.78 Å². The maximum atomic E-state index is 13.3. The Hall–Kier alpha value is -2.96. The van der Waals surface area contributed by atoms with Crippen molar-refractivity contribution >= 4 is 11.8 Å². The van der Waals surface area contributed by atoms with Crippen molar-refractivity contribution < 1.29 is 23.1 Å². The molecule has 1 saturated carbocycles. The summed E-state index contributed by atoms with van der Waals surface area (Å²) in [6.45, 7) is 1.72. The Morgan fingerprint density at radius 2 is 1.59 bits per heavy atom. The molecule has 32 heavy (non-hydrogen) atoms. The normalized spacial score (nSPS) is 15.1. The summed E-state index contributed by atoms with van der Waals surface area (Å²) in [7, 11) is 0. The van der Waals surface area contributed by atoms with Crippen LogP contribution in [0.2, 0.25) is 0 Å². The molecule has 0 spiro atoms. The van der Waals surface area contributed by atoms with E-state index in [4.69, 9.17) is 4.74 Å². The van der Waals surface area contributed by atoms with E-state index in [2.05, 4.69) is 5.32 Å². The average molecular weight is 445 g/mol. The summed E-state index contributed by atoms with van der Waals surface area (Å²) in [5.41, 5.74) is 0.713. The molecule has 2 amide bonds. The monoisotopic (exact) mass is 444 g/mol. The molecular weight excluding hydrogens is 414 g/mol. The van der Waals surface area contributed by atoms with E-state index in [-0.39, 0.29) is 36.8 Å². The first-order valence-corrected chi connectivity index (χ1v) is 11.2. The lowest BCUT2D eigenvalue weighted by molar-refractivity contribution is -0.143. The molecule has 5 nitrogen and oxygen atoms in total. The van der Waals surface area contributed by atoms with Gasteiger partial charge in [-0.1, -0.05) is 38.3 Å². The first-order valence-electron chi connectivity index (χ1n) is 11.2. The Morgan fingerprint density at radius 1 is 1.00 bits per heavy atom. The van der Waals surface area contributed by atoms with Crippen molar-refractivity contribution in [2.45, 2.75) is 64.1 Å². The van der Waals surface area contributed by atoms with Gasteiger partial charge in [0.05, 0.1) is 0 Å². The summed E-state index contributed by atoms with van der Waals surface area (Å²) in [6, 6.07) is 10.7. The Balaban J connectivity index is 1.73. The van der Waals surface area contributed by atoms with Crippen molar-refractivity contribution in [1.29, 1.82) is 0 Å². The molecule has 0 bridgehead atoms. The molecule has 1 N–H and O–H groups in total. The third-order valence-corrected chi connectivity index (χ3v) is 5.78. The highest BCUT2D eigenvalue weighted by molar-refractivity contribution is 5.88. The maximum Gasteiger partial charge on any atom is 0.261 e. The van der Waals surface area contributed by atoms with Crippen molar-refractivity contribution in [1.82, 2.24) is 10.2 Å². The molecule has 1 atom stereocenters. The highest BCUT2D eigenvalue weighted by Crippen LogP contribution is 2.19. The Bertz CT molecular complexity index is 881. The van der Waals surface area contributed by atoms with Crippen LogP contribution in [0.25, 0.3) is 0 Å². The molecular formula is C25H30F2N2O3. The third-order valence-electron chi connectivity index (χ3n) is 5.78. The molecule has 2 aromatic rings. The fourth-order valence-corrected chi connectivity index (χ4v) is 4.01. The number of rotatable bonds is 9. The van der Waals surface area contributed by atoms with Crippen LogP contribution < -0.4 is 10.1 Å². The minimum absolute atomic E-state index is 0.128. The SMILES string of the molecule is CC[C@@H](C(=O)NC1CCCCC1)N(Cc1ccc(F)cc1)C(=O)COc1ccc(F)cc1. The van der Waals surface area contributed by atoms with Crippen LogP contribution in [-0.2, 0) is 16.1 Å². The van der Waals surface area contributed by atoms with Crippen LogP contribution in [0.3, 0.4) is 0 Å². The van der Waals surface area contributed by atoms with E-state index in [1.807, 2.05) is 6.92 Å². The van der Waals surface area contributed by atoms with E-state index in [0.717, 1.165) is 25.7 Å². The fourth-order valence-electron chi connectivity index (χ4n) is 4.01. The topological polar surface area (TPSA) is 58.6 Å². The predicted molar refractivity (Wildman–Crippen MR) is 118 cm³/mol. The van der Waals surface area contributed by atoms with Gasteiger partial charge in [-0.3, -0.25) is 9.59 Å². The summed E-state index contributed by atoms with van der Waals surface area (Å²) >= 11 is 0. The lowest BCUT2D eigenvalue weighted by Crippen LogP contribution is -2.52. The number of hydrogen-bond donors (Lipinski definition) is 1. The number of hydrogen-bond acceptors (Lipinski definition) is 3. The highest BCUT2D eigenvalue weighted by Gasteiger charge is 2.30. The van der Waals surface area contributed by atoms with Crippen molar-refractivity contribution in [2.24, 2.45) is 0 Å². The zero-order valence-electron chi connectivity index (χ0n) is 18.4. The minimum Gasteiger partial charge on any atom is -0.484 e. The molecule has 0 saturated heterocycles. The molecule has 1 fully saturated rings. The van der Waals surface area contributed by atoms with Crippen LogP contribution in [-0.4, -0.2) is 35.4 Å². The largest absolute Gasteiger partial charge is 0.484 e. The lowest BCUT2D eigenvalue weighted by Gasteiger charge is -2.32. The van der Waals surface area contributed by atoms with Gasteiger partial charge in [-0.2, -0.15) is 0 Å². The van der Waals surface area contributed by atoms with Gasteiger partial charge in [-0.05, 0) is 61.2 Å². The molecule has 3 rings (SSSR count). The van der Waals surface area contributed by atoms with Crippen LogP contribution in [0.4, 0.5) is 8.78 Å².